The fourth-order valence-electron chi connectivity index (χ4n) is 3.80. The SMILES string of the molecule is O=C(NCC(F)F)C1CCCN(CC(=O)N2CCCc3ccccc32)C1. The molecule has 3 rings (SSSR count). The number of carbonyl (C=O) groups is 2. The van der Waals surface area contributed by atoms with Crippen molar-refractivity contribution in [2.75, 3.05) is 37.6 Å². The lowest BCUT2D eigenvalue weighted by atomic mass is 9.97. The summed E-state index contributed by atoms with van der Waals surface area (Å²) in [5.74, 6) is -0.638. The van der Waals surface area contributed by atoms with Gasteiger partial charge in [0.05, 0.1) is 19.0 Å². The number of halogens is 2. The number of anilines is 1. The first-order valence-electron chi connectivity index (χ1n) is 9.21. The van der Waals surface area contributed by atoms with E-state index in [1.807, 2.05) is 28.0 Å². The van der Waals surface area contributed by atoms with Gasteiger partial charge in [0.2, 0.25) is 11.8 Å². The smallest absolute Gasteiger partial charge is 0.255 e. The average Bonchev–Trinajstić information content (AvgIpc) is 2.65. The number of hydrogen-bond acceptors (Lipinski definition) is 3. The summed E-state index contributed by atoms with van der Waals surface area (Å²) >= 11 is 0. The number of para-hydroxylation sites is 1. The van der Waals surface area contributed by atoms with Gasteiger partial charge in [0.25, 0.3) is 6.43 Å². The highest BCUT2D eigenvalue weighted by Crippen LogP contribution is 2.27. The zero-order valence-electron chi connectivity index (χ0n) is 14.8. The summed E-state index contributed by atoms with van der Waals surface area (Å²) in [5.41, 5.74) is 2.17. The highest BCUT2D eigenvalue weighted by molar-refractivity contribution is 5.96. The molecule has 0 radical (unpaired) electrons. The summed E-state index contributed by atoms with van der Waals surface area (Å²) in [4.78, 5) is 28.6. The fourth-order valence-corrected chi connectivity index (χ4v) is 3.80. The topological polar surface area (TPSA) is 52.7 Å². The Bertz CT molecular complexity index is 653. The predicted octanol–water partition coefficient (Wildman–Crippen LogP) is 2.06. The van der Waals surface area contributed by atoms with Crippen molar-refractivity contribution in [3.8, 4) is 0 Å². The predicted molar refractivity (Wildman–Crippen MR) is 95.3 cm³/mol. The van der Waals surface area contributed by atoms with Gasteiger partial charge < -0.3 is 10.2 Å². The second-order valence-electron chi connectivity index (χ2n) is 6.99. The Labute approximate surface area is 152 Å². The molecular formula is C19H25F2N3O2. The number of benzene rings is 1. The third kappa shape index (κ3) is 4.58. The number of amides is 2. The Morgan fingerprint density at radius 2 is 2.00 bits per heavy atom. The summed E-state index contributed by atoms with van der Waals surface area (Å²) in [5, 5.41) is 2.29. The first-order valence-corrected chi connectivity index (χ1v) is 9.21. The second kappa shape index (κ2) is 8.58. The first-order chi connectivity index (χ1) is 12.5. The van der Waals surface area contributed by atoms with Crippen LogP contribution in [0.1, 0.15) is 24.8 Å². The Morgan fingerprint density at radius 3 is 2.81 bits per heavy atom. The van der Waals surface area contributed by atoms with E-state index in [9.17, 15) is 18.4 Å². The molecule has 26 heavy (non-hydrogen) atoms. The molecule has 0 spiro atoms. The summed E-state index contributed by atoms with van der Waals surface area (Å²) in [7, 11) is 0. The molecule has 2 heterocycles. The minimum absolute atomic E-state index is 0.0331. The van der Waals surface area contributed by atoms with Gasteiger partial charge in [-0.1, -0.05) is 18.2 Å². The highest BCUT2D eigenvalue weighted by atomic mass is 19.3. The van der Waals surface area contributed by atoms with Crippen molar-refractivity contribution in [1.82, 2.24) is 10.2 Å². The van der Waals surface area contributed by atoms with Crippen LogP contribution in [-0.4, -0.2) is 55.9 Å². The van der Waals surface area contributed by atoms with Crippen molar-refractivity contribution < 1.29 is 18.4 Å². The number of alkyl halides is 2. The Morgan fingerprint density at radius 1 is 1.19 bits per heavy atom. The van der Waals surface area contributed by atoms with E-state index < -0.39 is 13.0 Å². The van der Waals surface area contributed by atoms with Crippen molar-refractivity contribution in [2.45, 2.75) is 32.1 Å². The summed E-state index contributed by atoms with van der Waals surface area (Å²) in [6, 6.07) is 7.96. The van der Waals surface area contributed by atoms with Gasteiger partial charge in [0.1, 0.15) is 0 Å². The van der Waals surface area contributed by atoms with Crippen LogP contribution in [0.25, 0.3) is 0 Å². The largest absolute Gasteiger partial charge is 0.350 e. The number of likely N-dealkylation sites (tertiary alicyclic amines) is 1. The summed E-state index contributed by atoms with van der Waals surface area (Å²) in [6.45, 7) is 1.55. The van der Waals surface area contributed by atoms with E-state index in [2.05, 4.69) is 11.4 Å². The zero-order valence-corrected chi connectivity index (χ0v) is 14.8. The van der Waals surface area contributed by atoms with Crippen LogP contribution in [0.15, 0.2) is 24.3 Å². The molecule has 0 aromatic heterocycles. The molecule has 0 saturated carbocycles. The van der Waals surface area contributed by atoms with E-state index in [4.69, 9.17) is 0 Å². The molecular weight excluding hydrogens is 340 g/mol. The molecule has 0 aliphatic carbocycles. The van der Waals surface area contributed by atoms with Crippen molar-refractivity contribution in [2.24, 2.45) is 5.92 Å². The maximum Gasteiger partial charge on any atom is 0.255 e. The third-order valence-corrected chi connectivity index (χ3v) is 5.08. The van der Waals surface area contributed by atoms with Crippen molar-refractivity contribution in [3.63, 3.8) is 0 Å². The Balaban J connectivity index is 1.57. The number of fused-ring (bicyclic) bond motifs is 1. The Kier molecular flexibility index (Phi) is 6.19. The van der Waals surface area contributed by atoms with Crippen LogP contribution in [-0.2, 0) is 16.0 Å². The van der Waals surface area contributed by atoms with Crippen LogP contribution in [0.4, 0.5) is 14.5 Å². The monoisotopic (exact) mass is 365 g/mol. The lowest BCUT2D eigenvalue weighted by Gasteiger charge is -2.35. The van der Waals surface area contributed by atoms with Crippen LogP contribution in [0, 0.1) is 5.92 Å². The molecule has 1 unspecified atom stereocenters. The molecule has 2 aliphatic rings. The molecule has 7 heteroatoms. The van der Waals surface area contributed by atoms with Crippen LogP contribution >= 0.6 is 0 Å². The molecule has 2 aliphatic heterocycles. The third-order valence-electron chi connectivity index (χ3n) is 5.08. The standard InChI is InChI=1S/C19H25F2N3O2/c20-17(21)11-22-19(26)15-7-3-9-23(12-15)13-18(25)24-10-4-6-14-5-1-2-8-16(14)24/h1-2,5,8,15,17H,3-4,6-7,9-13H2,(H,22,26). The van der Waals surface area contributed by atoms with Crippen molar-refractivity contribution >= 4 is 17.5 Å². The van der Waals surface area contributed by atoms with Gasteiger partial charge in [0, 0.05) is 18.8 Å². The van der Waals surface area contributed by atoms with Crippen LogP contribution in [0.5, 0.6) is 0 Å². The van der Waals surface area contributed by atoms with Gasteiger partial charge in [-0.2, -0.15) is 0 Å². The maximum atomic E-state index is 12.8. The van der Waals surface area contributed by atoms with Crippen LogP contribution in [0.2, 0.25) is 0 Å². The molecule has 1 aromatic carbocycles. The molecule has 1 aromatic rings. The number of aryl methyl sites for hydroxylation is 1. The summed E-state index contributed by atoms with van der Waals surface area (Å²) < 4.78 is 24.5. The van der Waals surface area contributed by atoms with Gasteiger partial charge >= 0.3 is 0 Å². The van der Waals surface area contributed by atoms with Crippen LogP contribution in [0.3, 0.4) is 0 Å². The maximum absolute atomic E-state index is 12.8. The number of piperidine rings is 1. The lowest BCUT2D eigenvalue weighted by molar-refractivity contribution is -0.128. The van der Waals surface area contributed by atoms with E-state index in [1.165, 1.54) is 5.56 Å². The molecule has 2 amide bonds. The van der Waals surface area contributed by atoms with Gasteiger partial charge in [-0.05, 0) is 43.9 Å². The van der Waals surface area contributed by atoms with Crippen molar-refractivity contribution in [3.05, 3.63) is 29.8 Å². The number of carbonyl (C=O) groups excluding carboxylic acids is 2. The molecule has 0 bridgehead atoms. The second-order valence-corrected chi connectivity index (χ2v) is 6.99. The lowest BCUT2D eigenvalue weighted by Crippen LogP contribution is -2.48. The zero-order chi connectivity index (χ0) is 18.5. The van der Waals surface area contributed by atoms with Gasteiger partial charge in [-0.15, -0.1) is 0 Å². The van der Waals surface area contributed by atoms with Crippen molar-refractivity contribution in [1.29, 1.82) is 0 Å². The highest BCUT2D eigenvalue weighted by Gasteiger charge is 2.29. The minimum atomic E-state index is -2.54. The molecule has 1 N–H and O–H groups in total. The molecule has 142 valence electrons. The van der Waals surface area contributed by atoms with E-state index in [0.29, 0.717) is 19.5 Å². The van der Waals surface area contributed by atoms with Gasteiger partial charge in [0.15, 0.2) is 0 Å². The Hall–Kier alpha value is -2.02. The quantitative estimate of drug-likeness (QED) is 0.869. The number of nitrogens with one attached hydrogen (secondary N) is 1. The van der Waals surface area contributed by atoms with Gasteiger partial charge in [-0.25, -0.2) is 8.78 Å². The molecule has 5 nitrogen and oxygen atoms in total. The van der Waals surface area contributed by atoms with E-state index in [0.717, 1.165) is 31.5 Å². The molecule has 1 saturated heterocycles. The number of nitrogens with zero attached hydrogens (tertiary/aromatic N) is 2. The van der Waals surface area contributed by atoms with E-state index >= 15 is 0 Å². The fraction of sp³-hybridized carbons (Fsp3) is 0.579. The minimum Gasteiger partial charge on any atom is -0.350 e. The van der Waals surface area contributed by atoms with Gasteiger partial charge in [-0.3, -0.25) is 14.5 Å². The first kappa shape index (κ1) is 18.8. The molecule has 1 atom stereocenters. The molecule has 1 fully saturated rings. The average molecular weight is 365 g/mol. The van der Waals surface area contributed by atoms with Crippen LogP contribution < -0.4 is 10.2 Å². The normalized spacial score (nSPS) is 20.7. The number of rotatable bonds is 5. The van der Waals surface area contributed by atoms with E-state index in [-0.39, 0.29) is 24.3 Å². The summed E-state index contributed by atoms with van der Waals surface area (Å²) in [6.07, 6.45) is 0.847. The number of hydrogen-bond donors (Lipinski definition) is 1. The van der Waals surface area contributed by atoms with E-state index in [1.54, 1.807) is 0 Å².